The molecule has 1 aliphatic rings. The summed E-state index contributed by atoms with van der Waals surface area (Å²) in [6.07, 6.45) is 6.07. The topological polar surface area (TPSA) is 15.3 Å². The summed E-state index contributed by atoms with van der Waals surface area (Å²) in [5.74, 6) is -0.0817. The number of halogens is 1. The number of anilines is 1. The Morgan fingerprint density at radius 2 is 2.05 bits per heavy atom. The van der Waals surface area contributed by atoms with Gasteiger partial charge in [0.2, 0.25) is 0 Å². The molecule has 0 radical (unpaired) electrons. The molecular formula is C18H29FN2. The molecule has 0 atom stereocenters. The summed E-state index contributed by atoms with van der Waals surface area (Å²) in [5.41, 5.74) is 1.89. The number of nitrogens with one attached hydrogen (secondary N) is 1. The van der Waals surface area contributed by atoms with E-state index in [1.54, 1.807) is 6.07 Å². The summed E-state index contributed by atoms with van der Waals surface area (Å²) >= 11 is 0. The summed E-state index contributed by atoms with van der Waals surface area (Å²) < 4.78 is 14.3. The minimum absolute atomic E-state index is 0.0817. The quantitative estimate of drug-likeness (QED) is 0.675. The molecule has 1 aromatic rings. The SMILES string of the molecule is CCCCCN(c1cccc(F)c1CNC1CC1)C(C)C. The van der Waals surface area contributed by atoms with Gasteiger partial charge in [0.05, 0.1) is 0 Å². The Labute approximate surface area is 128 Å². The van der Waals surface area contributed by atoms with E-state index in [0.29, 0.717) is 18.6 Å². The fourth-order valence-electron chi connectivity index (χ4n) is 2.71. The molecule has 0 aromatic heterocycles. The zero-order chi connectivity index (χ0) is 15.2. The van der Waals surface area contributed by atoms with E-state index >= 15 is 0 Å². The zero-order valence-corrected chi connectivity index (χ0v) is 13.7. The van der Waals surface area contributed by atoms with E-state index in [2.05, 4.69) is 37.1 Å². The number of unbranched alkanes of at least 4 members (excludes halogenated alkanes) is 2. The van der Waals surface area contributed by atoms with Crippen LogP contribution in [0.3, 0.4) is 0 Å². The summed E-state index contributed by atoms with van der Waals surface area (Å²) in [6, 6.07) is 6.48. The molecule has 2 rings (SSSR count). The van der Waals surface area contributed by atoms with E-state index in [1.165, 1.54) is 32.1 Å². The van der Waals surface area contributed by atoms with E-state index in [0.717, 1.165) is 17.8 Å². The standard InChI is InChI=1S/C18H29FN2/c1-4-5-6-12-21(14(2)3)18-9-7-8-17(19)16(18)13-20-15-10-11-15/h7-9,14-15,20H,4-6,10-13H2,1-3H3. The lowest BCUT2D eigenvalue weighted by Gasteiger charge is -2.31. The first-order valence-electron chi connectivity index (χ1n) is 8.41. The van der Waals surface area contributed by atoms with Crippen molar-refractivity contribution in [1.29, 1.82) is 0 Å². The predicted octanol–water partition coefficient (Wildman–Crippen LogP) is 4.48. The first-order valence-corrected chi connectivity index (χ1v) is 8.41. The van der Waals surface area contributed by atoms with E-state index in [4.69, 9.17) is 0 Å². The van der Waals surface area contributed by atoms with Crippen LogP contribution in [0, 0.1) is 5.82 Å². The van der Waals surface area contributed by atoms with Gasteiger partial charge in [-0.3, -0.25) is 0 Å². The molecule has 0 saturated heterocycles. The van der Waals surface area contributed by atoms with Gasteiger partial charge in [-0.15, -0.1) is 0 Å². The Kier molecular flexibility index (Phi) is 6.04. The van der Waals surface area contributed by atoms with Crippen LogP contribution in [-0.2, 0) is 6.54 Å². The van der Waals surface area contributed by atoms with Gasteiger partial charge in [-0.1, -0.05) is 25.8 Å². The van der Waals surface area contributed by atoms with Crippen LogP contribution in [0.1, 0.15) is 58.4 Å². The van der Waals surface area contributed by atoms with Crippen LogP contribution in [0.2, 0.25) is 0 Å². The molecule has 1 saturated carbocycles. The van der Waals surface area contributed by atoms with Crippen molar-refractivity contribution in [1.82, 2.24) is 5.32 Å². The van der Waals surface area contributed by atoms with Crippen molar-refractivity contribution in [3.63, 3.8) is 0 Å². The monoisotopic (exact) mass is 292 g/mol. The fourth-order valence-corrected chi connectivity index (χ4v) is 2.71. The van der Waals surface area contributed by atoms with Gasteiger partial charge in [0.25, 0.3) is 0 Å². The van der Waals surface area contributed by atoms with E-state index in [-0.39, 0.29) is 5.82 Å². The smallest absolute Gasteiger partial charge is 0.129 e. The van der Waals surface area contributed by atoms with Crippen molar-refractivity contribution < 1.29 is 4.39 Å². The molecule has 0 aliphatic heterocycles. The molecule has 0 amide bonds. The van der Waals surface area contributed by atoms with Crippen LogP contribution in [0.25, 0.3) is 0 Å². The number of benzene rings is 1. The number of hydrogen-bond acceptors (Lipinski definition) is 2. The van der Waals surface area contributed by atoms with Gasteiger partial charge in [0.1, 0.15) is 5.82 Å². The van der Waals surface area contributed by atoms with Crippen molar-refractivity contribution in [2.24, 2.45) is 0 Å². The highest BCUT2D eigenvalue weighted by molar-refractivity contribution is 5.55. The largest absolute Gasteiger partial charge is 0.369 e. The van der Waals surface area contributed by atoms with Crippen LogP contribution in [0.15, 0.2) is 18.2 Å². The third kappa shape index (κ3) is 4.70. The minimum atomic E-state index is -0.0817. The Balaban J connectivity index is 2.14. The lowest BCUT2D eigenvalue weighted by molar-refractivity contribution is 0.575. The average Bonchev–Trinajstić information content (AvgIpc) is 3.26. The fraction of sp³-hybridized carbons (Fsp3) is 0.667. The minimum Gasteiger partial charge on any atom is -0.369 e. The lowest BCUT2D eigenvalue weighted by Crippen LogP contribution is -2.33. The first kappa shape index (κ1) is 16.3. The zero-order valence-electron chi connectivity index (χ0n) is 13.7. The van der Waals surface area contributed by atoms with Crippen LogP contribution in [-0.4, -0.2) is 18.6 Å². The van der Waals surface area contributed by atoms with Gasteiger partial charge in [0.15, 0.2) is 0 Å². The van der Waals surface area contributed by atoms with E-state index in [9.17, 15) is 4.39 Å². The number of nitrogens with zero attached hydrogens (tertiary/aromatic N) is 1. The lowest BCUT2D eigenvalue weighted by atomic mass is 10.1. The van der Waals surface area contributed by atoms with Crippen molar-refractivity contribution in [3.8, 4) is 0 Å². The summed E-state index contributed by atoms with van der Waals surface area (Å²) in [4.78, 5) is 2.35. The molecule has 1 aromatic carbocycles. The van der Waals surface area contributed by atoms with Crippen molar-refractivity contribution in [2.45, 2.75) is 71.5 Å². The Hall–Kier alpha value is -1.09. The summed E-state index contributed by atoms with van der Waals surface area (Å²) in [6.45, 7) is 8.24. The summed E-state index contributed by atoms with van der Waals surface area (Å²) in [7, 11) is 0. The van der Waals surface area contributed by atoms with E-state index < -0.39 is 0 Å². The molecule has 0 heterocycles. The molecule has 1 N–H and O–H groups in total. The van der Waals surface area contributed by atoms with Crippen LogP contribution in [0.4, 0.5) is 10.1 Å². The summed E-state index contributed by atoms with van der Waals surface area (Å²) in [5, 5.41) is 3.45. The number of hydrogen-bond donors (Lipinski definition) is 1. The molecule has 21 heavy (non-hydrogen) atoms. The normalized spacial score (nSPS) is 14.7. The van der Waals surface area contributed by atoms with Gasteiger partial charge in [-0.2, -0.15) is 0 Å². The van der Waals surface area contributed by atoms with Crippen LogP contribution >= 0.6 is 0 Å². The molecule has 118 valence electrons. The van der Waals surface area contributed by atoms with Crippen molar-refractivity contribution in [2.75, 3.05) is 11.4 Å². The third-order valence-corrected chi connectivity index (χ3v) is 4.17. The highest BCUT2D eigenvalue weighted by Gasteiger charge is 2.22. The molecule has 1 aliphatic carbocycles. The molecule has 0 spiro atoms. The molecular weight excluding hydrogens is 263 g/mol. The van der Waals surface area contributed by atoms with Crippen molar-refractivity contribution >= 4 is 5.69 Å². The number of rotatable bonds is 9. The third-order valence-electron chi connectivity index (χ3n) is 4.17. The maximum absolute atomic E-state index is 14.3. The molecule has 3 heteroatoms. The maximum Gasteiger partial charge on any atom is 0.129 e. The molecule has 2 nitrogen and oxygen atoms in total. The molecule has 0 unspecified atom stereocenters. The Morgan fingerprint density at radius 3 is 2.67 bits per heavy atom. The van der Waals surface area contributed by atoms with E-state index in [1.807, 2.05) is 6.07 Å². The van der Waals surface area contributed by atoms with Crippen molar-refractivity contribution in [3.05, 3.63) is 29.6 Å². The highest BCUT2D eigenvalue weighted by atomic mass is 19.1. The molecule has 0 bridgehead atoms. The average molecular weight is 292 g/mol. The highest BCUT2D eigenvalue weighted by Crippen LogP contribution is 2.27. The first-order chi connectivity index (χ1) is 10.1. The second kappa shape index (κ2) is 7.79. The Bertz CT molecular complexity index is 441. The molecule has 1 fully saturated rings. The maximum atomic E-state index is 14.3. The van der Waals surface area contributed by atoms with Gasteiger partial charge < -0.3 is 10.2 Å². The van der Waals surface area contributed by atoms with Gasteiger partial charge >= 0.3 is 0 Å². The van der Waals surface area contributed by atoms with Gasteiger partial charge in [0, 0.05) is 36.4 Å². The second-order valence-corrected chi connectivity index (χ2v) is 6.39. The van der Waals surface area contributed by atoms with Gasteiger partial charge in [-0.25, -0.2) is 4.39 Å². The Morgan fingerprint density at radius 1 is 1.29 bits per heavy atom. The second-order valence-electron chi connectivity index (χ2n) is 6.39. The van der Waals surface area contributed by atoms with Gasteiger partial charge in [-0.05, 0) is 45.2 Å². The van der Waals surface area contributed by atoms with Crippen LogP contribution in [0.5, 0.6) is 0 Å². The predicted molar refractivity (Wildman–Crippen MR) is 88.3 cm³/mol. The van der Waals surface area contributed by atoms with Crippen LogP contribution < -0.4 is 10.2 Å².